The van der Waals surface area contributed by atoms with Gasteiger partial charge in [0.25, 0.3) is 0 Å². The lowest BCUT2D eigenvalue weighted by Crippen LogP contribution is -2.32. The third kappa shape index (κ3) is 4.31. The van der Waals surface area contributed by atoms with Crippen LogP contribution >= 0.6 is 0 Å². The van der Waals surface area contributed by atoms with Gasteiger partial charge in [0.2, 0.25) is 9.84 Å². The van der Waals surface area contributed by atoms with Gasteiger partial charge in [-0.25, -0.2) is 8.42 Å². The number of hydrogen-bond acceptors (Lipinski definition) is 5. The Labute approximate surface area is 190 Å². The van der Waals surface area contributed by atoms with Crippen molar-refractivity contribution in [1.29, 1.82) is 0 Å². The first kappa shape index (κ1) is 22.5. The second-order valence-electron chi connectivity index (χ2n) is 8.32. The Hall–Kier alpha value is -2.67. The summed E-state index contributed by atoms with van der Waals surface area (Å²) in [5.41, 5.74) is 4.82. The average molecular weight is 451 g/mol. The van der Waals surface area contributed by atoms with Gasteiger partial charge in [-0.15, -0.1) is 0 Å². The Morgan fingerprint density at radius 2 is 1.59 bits per heavy atom. The number of aliphatic hydroxyl groups is 1. The highest BCUT2D eigenvalue weighted by molar-refractivity contribution is 7.92. The van der Waals surface area contributed by atoms with E-state index in [9.17, 15) is 13.5 Å². The van der Waals surface area contributed by atoms with Crippen LogP contribution in [-0.4, -0.2) is 44.7 Å². The Balaban J connectivity index is 1.60. The first-order valence-corrected chi connectivity index (χ1v) is 12.5. The molecule has 0 aliphatic carbocycles. The van der Waals surface area contributed by atoms with Gasteiger partial charge in [0.15, 0.2) is 0 Å². The van der Waals surface area contributed by atoms with Gasteiger partial charge >= 0.3 is 0 Å². The van der Waals surface area contributed by atoms with Crippen molar-refractivity contribution in [2.45, 2.75) is 36.6 Å². The van der Waals surface area contributed by atoms with E-state index in [1.54, 1.807) is 18.2 Å². The van der Waals surface area contributed by atoms with Crippen LogP contribution in [0, 0.1) is 13.8 Å². The lowest BCUT2D eigenvalue weighted by Gasteiger charge is -2.35. The molecule has 32 heavy (non-hydrogen) atoms. The van der Waals surface area contributed by atoms with Crippen LogP contribution < -0.4 is 4.90 Å². The van der Waals surface area contributed by atoms with Crippen LogP contribution in [0.5, 0.6) is 0 Å². The second kappa shape index (κ2) is 9.45. The van der Waals surface area contributed by atoms with Crippen molar-refractivity contribution in [1.82, 2.24) is 4.90 Å². The van der Waals surface area contributed by atoms with Crippen molar-refractivity contribution < 1.29 is 13.5 Å². The first-order valence-electron chi connectivity index (χ1n) is 11.0. The van der Waals surface area contributed by atoms with Gasteiger partial charge in [0.05, 0.1) is 27.8 Å². The fraction of sp³-hybridized carbons (Fsp3) is 0.308. The number of aliphatic hydroxyl groups excluding tert-OH is 1. The van der Waals surface area contributed by atoms with Crippen molar-refractivity contribution in [3.63, 3.8) is 0 Å². The zero-order valence-corrected chi connectivity index (χ0v) is 19.5. The van der Waals surface area contributed by atoms with Crippen LogP contribution in [0.15, 0.2) is 76.5 Å². The van der Waals surface area contributed by atoms with Crippen molar-refractivity contribution in [2.75, 3.05) is 31.1 Å². The van der Waals surface area contributed by atoms with E-state index in [0.29, 0.717) is 22.9 Å². The zero-order valence-electron chi connectivity index (χ0n) is 18.7. The van der Waals surface area contributed by atoms with Gasteiger partial charge in [-0.1, -0.05) is 48.5 Å². The van der Waals surface area contributed by atoms with Crippen LogP contribution in [0.4, 0.5) is 11.4 Å². The third-order valence-electron chi connectivity index (χ3n) is 6.19. The van der Waals surface area contributed by atoms with E-state index in [4.69, 9.17) is 0 Å². The number of nitrogens with zero attached hydrogens (tertiary/aromatic N) is 2. The normalized spacial score (nSPS) is 14.3. The van der Waals surface area contributed by atoms with Gasteiger partial charge < -0.3 is 10.0 Å². The first-order chi connectivity index (χ1) is 15.4. The summed E-state index contributed by atoms with van der Waals surface area (Å²) < 4.78 is 26.6. The Bertz CT molecular complexity index is 1190. The van der Waals surface area contributed by atoms with Crippen molar-refractivity contribution >= 4 is 21.2 Å². The number of benzene rings is 3. The number of sulfone groups is 1. The fourth-order valence-corrected chi connectivity index (χ4v) is 6.13. The van der Waals surface area contributed by atoms with E-state index in [-0.39, 0.29) is 6.61 Å². The van der Waals surface area contributed by atoms with E-state index in [2.05, 4.69) is 21.9 Å². The highest BCUT2D eigenvalue weighted by Gasteiger charge is 2.35. The summed E-state index contributed by atoms with van der Waals surface area (Å²) in [6, 6.07) is 21.1. The van der Waals surface area contributed by atoms with Crippen LogP contribution in [0.1, 0.15) is 23.1 Å². The molecule has 0 spiro atoms. The minimum atomic E-state index is -3.55. The summed E-state index contributed by atoms with van der Waals surface area (Å²) in [5.74, 6) is 0. The molecule has 3 aromatic carbocycles. The molecule has 6 heteroatoms. The average Bonchev–Trinajstić information content (AvgIpc) is 2.79. The number of rotatable bonds is 8. The second-order valence-corrected chi connectivity index (χ2v) is 10.2. The highest BCUT2D eigenvalue weighted by Crippen LogP contribution is 2.46. The molecule has 0 radical (unpaired) electrons. The highest BCUT2D eigenvalue weighted by atomic mass is 32.2. The molecule has 0 fully saturated rings. The van der Waals surface area contributed by atoms with E-state index in [0.717, 1.165) is 42.0 Å². The predicted octanol–water partition coefficient (Wildman–Crippen LogP) is 4.47. The molecule has 1 aliphatic rings. The molecule has 0 saturated heterocycles. The summed E-state index contributed by atoms with van der Waals surface area (Å²) >= 11 is 0. The summed E-state index contributed by atoms with van der Waals surface area (Å²) in [6.45, 7) is 7.01. The molecule has 0 unspecified atom stereocenters. The molecule has 1 heterocycles. The monoisotopic (exact) mass is 450 g/mol. The Morgan fingerprint density at radius 1 is 0.875 bits per heavy atom. The lowest BCUT2D eigenvalue weighted by atomic mass is 10.1. The molecule has 1 N–H and O–H groups in total. The summed E-state index contributed by atoms with van der Waals surface area (Å²) in [5, 5.41) is 9.53. The van der Waals surface area contributed by atoms with Crippen molar-refractivity contribution in [2.24, 2.45) is 0 Å². The maximum atomic E-state index is 13.3. The number of anilines is 2. The molecule has 168 valence electrons. The summed E-state index contributed by atoms with van der Waals surface area (Å²) in [7, 11) is -3.55. The van der Waals surface area contributed by atoms with Gasteiger partial charge in [-0.05, 0) is 55.2 Å². The molecule has 1 aliphatic heterocycles. The smallest absolute Gasteiger partial charge is 0.210 e. The van der Waals surface area contributed by atoms with Crippen LogP contribution in [0.2, 0.25) is 0 Å². The minimum Gasteiger partial charge on any atom is -0.395 e. The van der Waals surface area contributed by atoms with E-state index in [1.165, 1.54) is 5.56 Å². The Kier molecular flexibility index (Phi) is 6.65. The van der Waals surface area contributed by atoms with Crippen molar-refractivity contribution in [3.05, 3.63) is 83.4 Å². The number of para-hydroxylation sites is 1. The predicted molar refractivity (Wildman–Crippen MR) is 128 cm³/mol. The molecular weight excluding hydrogens is 420 g/mol. The lowest BCUT2D eigenvalue weighted by molar-refractivity contribution is 0.189. The van der Waals surface area contributed by atoms with Crippen LogP contribution in [-0.2, 0) is 16.4 Å². The minimum absolute atomic E-state index is 0.110. The molecule has 0 amide bonds. The van der Waals surface area contributed by atoms with Gasteiger partial charge in [-0.2, -0.15) is 0 Å². The SMILES string of the molecule is Cc1ccc2c(c1C)N(CCCN(CCO)Cc1ccccc1)c1ccccc1S2(=O)=O. The maximum Gasteiger partial charge on any atom is 0.210 e. The number of aryl methyl sites for hydroxylation is 1. The standard InChI is InChI=1S/C26H30N2O3S/c1-20-13-14-25-26(21(20)2)28(23-11-6-7-12-24(23)32(25,30)31)16-8-15-27(17-18-29)19-22-9-4-3-5-10-22/h3-7,9-14,29H,8,15-19H2,1-2H3. The molecule has 0 aromatic heterocycles. The molecular formula is C26H30N2O3S. The molecule has 0 saturated carbocycles. The van der Waals surface area contributed by atoms with Crippen LogP contribution in [0.3, 0.4) is 0 Å². The summed E-state index contributed by atoms with van der Waals surface area (Å²) in [4.78, 5) is 5.16. The molecule has 0 atom stereocenters. The maximum absolute atomic E-state index is 13.3. The Morgan fingerprint density at radius 3 is 2.34 bits per heavy atom. The van der Waals surface area contributed by atoms with E-state index < -0.39 is 9.84 Å². The molecule has 3 aromatic rings. The van der Waals surface area contributed by atoms with Gasteiger partial charge in [0.1, 0.15) is 0 Å². The van der Waals surface area contributed by atoms with Crippen molar-refractivity contribution in [3.8, 4) is 0 Å². The fourth-order valence-electron chi connectivity index (χ4n) is 4.41. The largest absolute Gasteiger partial charge is 0.395 e. The van der Waals surface area contributed by atoms with E-state index >= 15 is 0 Å². The van der Waals surface area contributed by atoms with Gasteiger partial charge in [0, 0.05) is 26.2 Å². The number of fused-ring (bicyclic) bond motifs is 2. The third-order valence-corrected chi connectivity index (χ3v) is 8.02. The van der Waals surface area contributed by atoms with Crippen LogP contribution in [0.25, 0.3) is 0 Å². The molecule has 4 rings (SSSR count). The van der Waals surface area contributed by atoms with Gasteiger partial charge in [-0.3, -0.25) is 4.90 Å². The quantitative estimate of drug-likeness (QED) is 0.549. The zero-order chi connectivity index (χ0) is 22.7. The summed E-state index contributed by atoms with van der Waals surface area (Å²) in [6.07, 6.45) is 0.841. The topological polar surface area (TPSA) is 60.9 Å². The molecule has 0 bridgehead atoms. The van der Waals surface area contributed by atoms with E-state index in [1.807, 2.05) is 50.2 Å². The number of hydrogen-bond donors (Lipinski definition) is 1. The molecule has 5 nitrogen and oxygen atoms in total.